The van der Waals surface area contributed by atoms with E-state index < -0.39 is 0 Å². The Kier molecular flexibility index (Phi) is 6.25. The van der Waals surface area contributed by atoms with Crippen LogP contribution in [-0.4, -0.2) is 24.2 Å². The number of fused-ring (bicyclic) bond motifs is 1. The number of hydrogen-bond acceptors (Lipinski definition) is 5. The number of hydrogen-bond donors (Lipinski definition) is 2. The SMILES string of the molecule is Cc1ccc(-c2ccc(/C=C/C(=O)NC(=S)Nc3ccc4c(c3)OCCO4)o2)cc1Cl. The molecule has 6 nitrogen and oxygen atoms in total. The smallest absolute Gasteiger partial charge is 0.250 e. The summed E-state index contributed by atoms with van der Waals surface area (Å²) in [6.07, 6.45) is 2.92. The summed E-state index contributed by atoms with van der Waals surface area (Å²) in [5.74, 6) is 2.13. The van der Waals surface area contributed by atoms with Gasteiger partial charge in [0.05, 0.1) is 0 Å². The number of rotatable bonds is 4. The first-order valence-electron chi connectivity index (χ1n) is 9.54. The molecule has 0 bridgehead atoms. The maximum atomic E-state index is 12.2. The van der Waals surface area contributed by atoms with Gasteiger partial charge in [0.15, 0.2) is 16.6 Å². The van der Waals surface area contributed by atoms with Crippen LogP contribution in [0.5, 0.6) is 11.5 Å². The summed E-state index contributed by atoms with van der Waals surface area (Å²) < 4.78 is 16.8. The van der Waals surface area contributed by atoms with Crippen LogP contribution in [-0.2, 0) is 4.79 Å². The first-order chi connectivity index (χ1) is 15.0. The number of halogens is 1. The second kappa shape index (κ2) is 9.24. The van der Waals surface area contributed by atoms with E-state index in [0.29, 0.717) is 46.9 Å². The maximum absolute atomic E-state index is 12.2. The zero-order chi connectivity index (χ0) is 21.8. The standard InChI is InChI=1S/C23H19ClN2O4S/c1-14-2-3-15(12-18(14)24)19-8-5-17(30-19)6-9-22(27)26-23(31)25-16-4-7-20-21(13-16)29-11-10-28-20/h2-9,12-13H,10-11H2,1H3,(H2,25,26,27,31)/b9-6+. The molecular formula is C23H19ClN2O4S. The van der Waals surface area contributed by atoms with Gasteiger partial charge in [-0.15, -0.1) is 0 Å². The summed E-state index contributed by atoms with van der Waals surface area (Å²) >= 11 is 11.4. The maximum Gasteiger partial charge on any atom is 0.250 e. The van der Waals surface area contributed by atoms with Crippen LogP contribution in [0.3, 0.4) is 0 Å². The Morgan fingerprint density at radius 1 is 1.06 bits per heavy atom. The van der Waals surface area contributed by atoms with E-state index in [1.807, 2.05) is 31.2 Å². The molecule has 2 aromatic carbocycles. The molecule has 8 heteroatoms. The van der Waals surface area contributed by atoms with E-state index in [4.69, 9.17) is 37.7 Å². The highest BCUT2D eigenvalue weighted by atomic mass is 35.5. The lowest BCUT2D eigenvalue weighted by atomic mass is 10.1. The Morgan fingerprint density at radius 3 is 2.68 bits per heavy atom. The summed E-state index contributed by atoms with van der Waals surface area (Å²) in [6.45, 7) is 2.96. The van der Waals surface area contributed by atoms with Crippen LogP contribution in [0, 0.1) is 6.92 Å². The van der Waals surface area contributed by atoms with Gasteiger partial charge in [-0.3, -0.25) is 10.1 Å². The van der Waals surface area contributed by atoms with Gasteiger partial charge in [0.1, 0.15) is 24.7 Å². The second-order valence-corrected chi connectivity index (χ2v) is 7.62. The molecule has 0 aliphatic carbocycles. The zero-order valence-corrected chi connectivity index (χ0v) is 18.2. The molecule has 0 fully saturated rings. The van der Waals surface area contributed by atoms with E-state index in [1.165, 1.54) is 6.08 Å². The second-order valence-electron chi connectivity index (χ2n) is 6.80. The molecule has 0 unspecified atom stereocenters. The van der Waals surface area contributed by atoms with Gasteiger partial charge in [0.25, 0.3) is 0 Å². The van der Waals surface area contributed by atoms with E-state index in [2.05, 4.69) is 10.6 Å². The third-order valence-electron chi connectivity index (χ3n) is 4.52. The quantitative estimate of drug-likeness (QED) is 0.416. The van der Waals surface area contributed by atoms with Crippen LogP contribution >= 0.6 is 23.8 Å². The van der Waals surface area contributed by atoms with Crippen molar-refractivity contribution in [1.29, 1.82) is 0 Å². The number of furan rings is 1. The monoisotopic (exact) mass is 454 g/mol. The Hall–Kier alpha value is -3.29. The highest BCUT2D eigenvalue weighted by Gasteiger charge is 2.12. The molecule has 1 amide bonds. The first-order valence-corrected chi connectivity index (χ1v) is 10.3. The Labute approximate surface area is 189 Å². The van der Waals surface area contributed by atoms with Crippen molar-refractivity contribution in [1.82, 2.24) is 5.32 Å². The minimum absolute atomic E-state index is 0.167. The Morgan fingerprint density at radius 2 is 1.87 bits per heavy atom. The molecule has 2 N–H and O–H groups in total. The molecule has 0 radical (unpaired) electrons. The fraction of sp³-hybridized carbons (Fsp3) is 0.130. The summed E-state index contributed by atoms with van der Waals surface area (Å²) in [7, 11) is 0. The number of carbonyl (C=O) groups is 1. The minimum atomic E-state index is -0.383. The molecule has 1 aliphatic rings. The number of amides is 1. The average Bonchev–Trinajstić information content (AvgIpc) is 3.23. The van der Waals surface area contributed by atoms with Crippen molar-refractivity contribution >= 4 is 46.6 Å². The van der Waals surface area contributed by atoms with Crippen LogP contribution in [0.15, 0.2) is 59.0 Å². The van der Waals surface area contributed by atoms with Gasteiger partial charge < -0.3 is 19.2 Å². The van der Waals surface area contributed by atoms with E-state index in [-0.39, 0.29) is 11.0 Å². The number of anilines is 1. The highest BCUT2D eigenvalue weighted by molar-refractivity contribution is 7.80. The first kappa shape index (κ1) is 21.0. The number of carbonyl (C=O) groups excluding carboxylic acids is 1. The van der Waals surface area contributed by atoms with E-state index in [0.717, 1.165) is 11.1 Å². The lowest BCUT2D eigenvalue weighted by molar-refractivity contribution is -0.115. The summed E-state index contributed by atoms with van der Waals surface area (Å²) in [4.78, 5) is 12.2. The van der Waals surface area contributed by atoms with Gasteiger partial charge in [0, 0.05) is 28.4 Å². The molecule has 1 aromatic heterocycles. The normalized spacial score (nSPS) is 12.6. The molecule has 1 aliphatic heterocycles. The minimum Gasteiger partial charge on any atom is -0.486 e. The molecular weight excluding hydrogens is 436 g/mol. The molecule has 0 saturated carbocycles. The number of benzene rings is 2. The lowest BCUT2D eigenvalue weighted by Crippen LogP contribution is -2.32. The third kappa shape index (κ3) is 5.25. The molecule has 158 valence electrons. The van der Waals surface area contributed by atoms with Crippen molar-refractivity contribution < 1.29 is 18.7 Å². The van der Waals surface area contributed by atoms with Gasteiger partial charge in [-0.1, -0.05) is 23.7 Å². The fourth-order valence-electron chi connectivity index (χ4n) is 2.94. The van der Waals surface area contributed by atoms with Crippen molar-refractivity contribution in [3.63, 3.8) is 0 Å². The van der Waals surface area contributed by atoms with E-state index in [9.17, 15) is 4.79 Å². The van der Waals surface area contributed by atoms with Crippen molar-refractivity contribution in [2.75, 3.05) is 18.5 Å². The summed E-state index contributed by atoms with van der Waals surface area (Å²) in [5, 5.41) is 6.38. The topological polar surface area (TPSA) is 72.7 Å². The van der Waals surface area contributed by atoms with Crippen LogP contribution in [0.25, 0.3) is 17.4 Å². The number of thiocarbonyl (C=S) groups is 1. The summed E-state index contributed by atoms with van der Waals surface area (Å²) in [6, 6.07) is 14.7. The Bertz CT molecular complexity index is 1170. The molecule has 2 heterocycles. The predicted octanol–water partition coefficient (Wildman–Crippen LogP) is 5.21. The van der Waals surface area contributed by atoms with Crippen LogP contribution in [0.2, 0.25) is 5.02 Å². The van der Waals surface area contributed by atoms with Crippen molar-refractivity contribution in [3.05, 3.63) is 71.0 Å². The number of ether oxygens (including phenoxy) is 2. The molecule has 3 aromatic rings. The average molecular weight is 455 g/mol. The zero-order valence-electron chi connectivity index (χ0n) is 16.6. The van der Waals surface area contributed by atoms with E-state index >= 15 is 0 Å². The van der Waals surface area contributed by atoms with Gasteiger partial charge >= 0.3 is 0 Å². The van der Waals surface area contributed by atoms with Gasteiger partial charge in [-0.25, -0.2) is 0 Å². The third-order valence-corrected chi connectivity index (χ3v) is 5.13. The molecule has 0 spiro atoms. The van der Waals surface area contributed by atoms with Gasteiger partial charge in [0.2, 0.25) is 5.91 Å². The Balaban J connectivity index is 1.33. The van der Waals surface area contributed by atoms with Gasteiger partial charge in [-0.05, 0) is 61.1 Å². The molecule has 31 heavy (non-hydrogen) atoms. The molecule has 0 atom stereocenters. The summed E-state index contributed by atoms with van der Waals surface area (Å²) in [5.41, 5.74) is 2.55. The number of aryl methyl sites for hydroxylation is 1. The van der Waals surface area contributed by atoms with Crippen LogP contribution < -0.4 is 20.1 Å². The predicted molar refractivity (Wildman–Crippen MR) is 125 cm³/mol. The van der Waals surface area contributed by atoms with Crippen LogP contribution in [0.1, 0.15) is 11.3 Å². The van der Waals surface area contributed by atoms with Crippen molar-refractivity contribution in [3.8, 4) is 22.8 Å². The highest BCUT2D eigenvalue weighted by Crippen LogP contribution is 2.32. The van der Waals surface area contributed by atoms with Gasteiger partial charge in [-0.2, -0.15) is 0 Å². The largest absolute Gasteiger partial charge is 0.486 e. The van der Waals surface area contributed by atoms with Crippen molar-refractivity contribution in [2.24, 2.45) is 0 Å². The lowest BCUT2D eigenvalue weighted by Gasteiger charge is -2.19. The fourth-order valence-corrected chi connectivity index (χ4v) is 3.34. The number of nitrogens with one attached hydrogen (secondary N) is 2. The molecule has 4 rings (SSSR count). The van der Waals surface area contributed by atoms with Crippen molar-refractivity contribution in [2.45, 2.75) is 6.92 Å². The van der Waals surface area contributed by atoms with E-state index in [1.54, 1.807) is 30.3 Å². The molecule has 0 saturated heterocycles. The van der Waals surface area contributed by atoms with Crippen LogP contribution in [0.4, 0.5) is 5.69 Å².